The van der Waals surface area contributed by atoms with Crippen LogP contribution in [-0.4, -0.2) is 41.8 Å². The van der Waals surface area contributed by atoms with Gasteiger partial charge in [0.1, 0.15) is 11.4 Å². The van der Waals surface area contributed by atoms with Crippen LogP contribution in [0.3, 0.4) is 0 Å². The summed E-state index contributed by atoms with van der Waals surface area (Å²) in [4.78, 5) is 24.8. The molecule has 2 N–H and O–H groups in total. The van der Waals surface area contributed by atoms with E-state index in [9.17, 15) is 14.7 Å². The molecule has 0 bridgehead atoms. The fraction of sp³-hybridized carbons (Fsp3) is 0.500. The van der Waals surface area contributed by atoms with Gasteiger partial charge in [0.2, 0.25) is 0 Å². The molecule has 2 unspecified atom stereocenters. The standard InChI is InChI=1S/C20H27NO5/c1-4-20(26-19(25)11-10-18(23)24)12-6-5-7-16(20)15-9-8-14(22)13-17(15)21(2)3/h8-11,13,16,22H,4-7,12H2,1-3H3,(H,23,24)/b11-10+. The molecule has 0 saturated heterocycles. The lowest BCUT2D eigenvalue weighted by Gasteiger charge is -2.44. The fourth-order valence-corrected chi connectivity index (χ4v) is 3.85. The normalized spacial score (nSPS) is 23.0. The van der Waals surface area contributed by atoms with Gasteiger partial charge in [-0.2, -0.15) is 0 Å². The van der Waals surface area contributed by atoms with Gasteiger partial charge in [-0.1, -0.05) is 19.4 Å². The van der Waals surface area contributed by atoms with Crippen LogP contribution in [0.2, 0.25) is 0 Å². The van der Waals surface area contributed by atoms with Gasteiger partial charge in [0.05, 0.1) is 0 Å². The molecular formula is C20H27NO5. The van der Waals surface area contributed by atoms with E-state index in [4.69, 9.17) is 9.84 Å². The number of carboxylic acids is 1. The Hall–Kier alpha value is -2.50. The van der Waals surface area contributed by atoms with Crippen LogP contribution in [0.1, 0.15) is 50.5 Å². The first-order chi connectivity index (χ1) is 12.3. The Morgan fingerprint density at radius 1 is 1.31 bits per heavy atom. The molecule has 0 aliphatic heterocycles. The number of aromatic hydroxyl groups is 1. The first-order valence-electron chi connectivity index (χ1n) is 8.93. The number of esters is 1. The van der Waals surface area contributed by atoms with Crippen molar-refractivity contribution in [2.24, 2.45) is 0 Å². The number of carboxylic acid groups (broad SMARTS) is 1. The van der Waals surface area contributed by atoms with Crippen molar-refractivity contribution >= 4 is 17.6 Å². The molecule has 0 spiro atoms. The number of hydrogen-bond donors (Lipinski definition) is 2. The van der Waals surface area contributed by atoms with Crippen LogP contribution >= 0.6 is 0 Å². The van der Waals surface area contributed by atoms with Crippen molar-refractivity contribution in [3.8, 4) is 5.75 Å². The molecule has 1 aliphatic carbocycles. The summed E-state index contributed by atoms with van der Waals surface area (Å²) in [5.41, 5.74) is 1.25. The van der Waals surface area contributed by atoms with Crippen LogP contribution in [0.5, 0.6) is 5.75 Å². The number of carbonyl (C=O) groups is 2. The van der Waals surface area contributed by atoms with E-state index in [1.165, 1.54) is 0 Å². The molecule has 6 nitrogen and oxygen atoms in total. The predicted molar refractivity (Wildman–Crippen MR) is 99.5 cm³/mol. The Morgan fingerprint density at radius 3 is 2.65 bits per heavy atom. The van der Waals surface area contributed by atoms with E-state index in [0.29, 0.717) is 6.42 Å². The zero-order chi connectivity index (χ0) is 19.3. The van der Waals surface area contributed by atoms with Crippen molar-refractivity contribution < 1.29 is 24.5 Å². The third-order valence-corrected chi connectivity index (χ3v) is 5.11. The molecule has 0 heterocycles. The van der Waals surface area contributed by atoms with Gasteiger partial charge in [-0.15, -0.1) is 0 Å². The molecule has 1 aromatic carbocycles. The van der Waals surface area contributed by atoms with Gasteiger partial charge in [0.15, 0.2) is 0 Å². The summed E-state index contributed by atoms with van der Waals surface area (Å²) in [6, 6.07) is 5.27. The maximum Gasteiger partial charge on any atom is 0.331 e. The smallest absolute Gasteiger partial charge is 0.331 e. The van der Waals surface area contributed by atoms with Crippen LogP contribution in [-0.2, 0) is 14.3 Å². The van der Waals surface area contributed by atoms with Gasteiger partial charge in [0.25, 0.3) is 0 Å². The average Bonchev–Trinajstić information content (AvgIpc) is 2.60. The number of carbonyl (C=O) groups excluding carboxylic acids is 1. The first-order valence-corrected chi connectivity index (χ1v) is 8.93. The van der Waals surface area contributed by atoms with Crippen LogP contribution < -0.4 is 4.90 Å². The average molecular weight is 361 g/mol. The Balaban J connectivity index is 2.41. The largest absolute Gasteiger partial charge is 0.508 e. The SMILES string of the molecule is CCC1(OC(=O)/C=C/C(=O)O)CCCCC1c1ccc(O)cc1N(C)C. The molecule has 1 saturated carbocycles. The minimum atomic E-state index is -1.18. The van der Waals surface area contributed by atoms with Crippen molar-refractivity contribution in [2.45, 2.75) is 50.5 Å². The molecule has 0 radical (unpaired) electrons. The number of phenols is 1. The molecular weight excluding hydrogens is 334 g/mol. The molecule has 142 valence electrons. The second-order valence-electron chi connectivity index (χ2n) is 6.95. The lowest BCUT2D eigenvalue weighted by molar-refractivity contribution is -0.160. The van der Waals surface area contributed by atoms with E-state index in [2.05, 4.69) is 0 Å². The van der Waals surface area contributed by atoms with Gasteiger partial charge in [0, 0.05) is 43.9 Å². The van der Waals surface area contributed by atoms with Gasteiger partial charge in [-0.3, -0.25) is 0 Å². The fourth-order valence-electron chi connectivity index (χ4n) is 3.85. The Morgan fingerprint density at radius 2 is 2.04 bits per heavy atom. The summed E-state index contributed by atoms with van der Waals surface area (Å²) in [5.74, 6) is -1.63. The number of ether oxygens (including phenoxy) is 1. The highest BCUT2D eigenvalue weighted by Crippen LogP contribution is 2.48. The Kier molecular flexibility index (Phi) is 6.29. The van der Waals surface area contributed by atoms with E-state index < -0.39 is 17.5 Å². The van der Waals surface area contributed by atoms with Crippen LogP contribution in [0.25, 0.3) is 0 Å². The highest BCUT2D eigenvalue weighted by molar-refractivity contribution is 5.91. The van der Waals surface area contributed by atoms with E-state index in [1.54, 1.807) is 12.1 Å². The van der Waals surface area contributed by atoms with Crippen LogP contribution in [0.15, 0.2) is 30.4 Å². The number of anilines is 1. The molecule has 1 fully saturated rings. The molecule has 1 aromatic rings. The van der Waals surface area contributed by atoms with Crippen molar-refractivity contribution in [3.05, 3.63) is 35.9 Å². The summed E-state index contributed by atoms with van der Waals surface area (Å²) in [6.07, 6.45) is 5.99. The van der Waals surface area contributed by atoms with E-state index >= 15 is 0 Å². The van der Waals surface area contributed by atoms with E-state index in [1.807, 2.05) is 32.0 Å². The van der Waals surface area contributed by atoms with Crippen molar-refractivity contribution in [2.75, 3.05) is 19.0 Å². The highest BCUT2D eigenvalue weighted by atomic mass is 16.6. The minimum absolute atomic E-state index is 0.0126. The number of nitrogens with zero attached hydrogens (tertiary/aromatic N) is 1. The maximum absolute atomic E-state index is 12.2. The van der Waals surface area contributed by atoms with Crippen molar-refractivity contribution in [3.63, 3.8) is 0 Å². The number of hydrogen-bond acceptors (Lipinski definition) is 5. The molecule has 2 rings (SSSR count). The maximum atomic E-state index is 12.2. The second-order valence-corrected chi connectivity index (χ2v) is 6.95. The number of aliphatic carboxylic acids is 1. The quantitative estimate of drug-likeness (QED) is 0.596. The second kappa shape index (κ2) is 8.25. The Labute approximate surface area is 154 Å². The van der Waals surface area contributed by atoms with Gasteiger partial charge in [-0.05, 0) is 37.3 Å². The summed E-state index contributed by atoms with van der Waals surface area (Å²) in [7, 11) is 3.83. The number of benzene rings is 1. The van der Waals surface area contributed by atoms with Crippen LogP contribution in [0.4, 0.5) is 5.69 Å². The lowest BCUT2D eigenvalue weighted by atomic mass is 9.70. The molecule has 0 aromatic heterocycles. The molecule has 2 atom stereocenters. The zero-order valence-corrected chi connectivity index (χ0v) is 15.6. The Bertz CT molecular complexity index is 697. The minimum Gasteiger partial charge on any atom is -0.508 e. The first kappa shape index (κ1) is 19.8. The lowest BCUT2D eigenvalue weighted by Crippen LogP contribution is -2.43. The monoisotopic (exact) mass is 361 g/mol. The molecule has 1 aliphatic rings. The summed E-state index contributed by atoms with van der Waals surface area (Å²) >= 11 is 0. The van der Waals surface area contributed by atoms with Gasteiger partial charge < -0.3 is 19.8 Å². The molecule has 6 heteroatoms. The van der Waals surface area contributed by atoms with Crippen LogP contribution in [0, 0.1) is 0 Å². The summed E-state index contributed by atoms with van der Waals surface area (Å²) < 4.78 is 5.84. The molecule has 26 heavy (non-hydrogen) atoms. The highest BCUT2D eigenvalue weighted by Gasteiger charge is 2.44. The zero-order valence-electron chi connectivity index (χ0n) is 15.6. The summed E-state index contributed by atoms with van der Waals surface area (Å²) in [5, 5.41) is 18.6. The third kappa shape index (κ3) is 4.36. The molecule has 0 amide bonds. The third-order valence-electron chi connectivity index (χ3n) is 5.11. The van der Waals surface area contributed by atoms with Crippen molar-refractivity contribution in [1.82, 2.24) is 0 Å². The van der Waals surface area contributed by atoms with E-state index in [-0.39, 0.29) is 11.7 Å². The summed E-state index contributed by atoms with van der Waals surface area (Å²) in [6.45, 7) is 1.99. The van der Waals surface area contributed by atoms with Gasteiger partial charge >= 0.3 is 11.9 Å². The van der Waals surface area contributed by atoms with Crippen molar-refractivity contribution in [1.29, 1.82) is 0 Å². The van der Waals surface area contributed by atoms with E-state index in [0.717, 1.165) is 49.1 Å². The number of phenolic OH excluding ortho intramolecular Hbond substituents is 1. The number of rotatable bonds is 6. The predicted octanol–water partition coefficient (Wildman–Crippen LogP) is 3.45. The topological polar surface area (TPSA) is 87.1 Å². The van der Waals surface area contributed by atoms with Gasteiger partial charge in [-0.25, -0.2) is 9.59 Å².